The first-order chi connectivity index (χ1) is 8.81. The molecule has 3 N–H and O–H groups in total. The van der Waals surface area contributed by atoms with E-state index in [1.165, 1.54) is 6.92 Å². The maximum atomic E-state index is 11.9. The summed E-state index contributed by atoms with van der Waals surface area (Å²) >= 11 is 0. The molecular formula is C14H20N2O3. The van der Waals surface area contributed by atoms with Crippen molar-refractivity contribution in [1.29, 1.82) is 0 Å². The summed E-state index contributed by atoms with van der Waals surface area (Å²) in [4.78, 5) is 23.5. The summed E-state index contributed by atoms with van der Waals surface area (Å²) in [5, 5.41) is 2.68. The zero-order valence-electron chi connectivity index (χ0n) is 11.7. The van der Waals surface area contributed by atoms with Crippen LogP contribution in [0.4, 0.5) is 5.69 Å². The van der Waals surface area contributed by atoms with Crippen LogP contribution in [0.3, 0.4) is 0 Å². The lowest BCUT2D eigenvalue weighted by atomic mass is 10.1. The molecule has 0 aromatic heterocycles. The lowest BCUT2D eigenvalue weighted by Crippen LogP contribution is -2.39. The van der Waals surface area contributed by atoms with E-state index in [4.69, 9.17) is 10.5 Å². The Morgan fingerprint density at radius 1 is 1.26 bits per heavy atom. The van der Waals surface area contributed by atoms with Gasteiger partial charge in [-0.2, -0.15) is 0 Å². The van der Waals surface area contributed by atoms with Gasteiger partial charge in [0.15, 0.2) is 6.10 Å². The van der Waals surface area contributed by atoms with Crippen LogP contribution in [0.25, 0.3) is 0 Å². The lowest BCUT2D eigenvalue weighted by molar-refractivity contribution is -0.129. The fraction of sp³-hybridized carbons (Fsp3) is 0.429. The first-order valence-electron chi connectivity index (χ1n) is 6.18. The van der Waals surface area contributed by atoms with Crippen LogP contribution in [0.1, 0.15) is 36.7 Å². The van der Waals surface area contributed by atoms with E-state index in [0.29, 0.717) is 11.3 Å². The highest BCUT2D eigenvalue weighted by atomic mass is 16.5. The predicted octanol–water partition coefficient (Wildman–Crippen LogP) is 1.65. The molecule has 0 spiro atoms. The molecule has 0 heterocycles. The minimum atomic E-state index is -0.836. The molecule has 1 aromatic carbocycles. The van der Waals surface area contributed by atoms with Crippen molar-refractivity contribution in [3.63, 3.8) is 0 Å². The highest BCUT2D eigenvalue weighted by molar-refractivity contribution is 5.93. The summed E-state index contributed by atoms with van der Waals surface area (Å²) in [7, 11) is 0. The highest BCUT2D eigenvalue weighted by Gasteiger charge is 2.19. The molecule has 1 aromatic rings. The van der Waals surface area contributed by atoms with Gasteiger partial charge >= 0.3 is 5.97 Å². The van der Waals surface area contributed by atoms with Gasteiger partial charge in [0, 0.05) is 11.7 Å². The van der Waals surface area contributed by atoms with Gasteiger partial charge in [-0.3, -0.25) is 4.79 Å². The fourth-order valence-corrected chi connectivity index (χ4v) is 1.45. The zero-order valence-corrected chi connectivity index (χ0v) is 11.7. The van der Waals surface area contributed by atoms with Crippen molar-refractivity contribution in [2.75, 3.05) is 5.73 Å². The van der Waals surface area contributed by atoms with E-state index < -0.39 is 12.1 Å². The van der Waals surface area contributed by atoms with Gasteiger partial charge in [-0.1, -0.05) is 6.07 Å². The average Bonchev–Trinajstić information content (AvgIpc) is 2.31. The lowest BCUT2D eigenvalue weighted by Gasteiger charge is -2.15. The van der Waals surface area contributed by atoms with Gasteiger partial charge in [-0.15, -0.1) is 0 Å². The SMILES string of the molecule is Cc1ccc(C(=O)OC(C)C(=O)NC(C)C)cc1N. The minimum absolute atomic E-state index is 0.00340. The van der Waals surface area contributed by atoms with Gasteiger partial charge in [-0.05, 0) is 45.4 Å². The largest absolute Gasteiger partial charge is 0.449 e. The Morgan fingerprint density at radius 2 is 1.89 bits per heavy atom. The average molecular weight is 264 g/mol. The van der Waals surface area contributed by atoms with Crippen molar-refractivity contribution in [3.05, 3.63) is 29.3 Å². The second-order valence-electron chi connectivity index (χ2n) is 4.78. The van der Waals surface area contributed by atoms with Crippen molar-refractivity contribution in [2.45, 2.75) is 39.8 Å². The van der Waals surface area contributed by atoms with Gasteiger partial charge in [-0.25, -0.2) is 4.79 Å². The molecule has 0 radical (unpaired) electrons. The van der Waals surface area contributed by atoms with Crippen LogP contribution in [0.15, 0.2) is 18.2 Å². The third-order valence-corrected chi connectivity index (χ3v) is 2.60. The number of hydrogen-bond acceptors (Lipinski definition) is 4. The van der Waals surface area contributed by atoms with E-state index in [1.54, 1.807) is 18.2 Å². The molecule has 0 saturated carbocycles. The van der Waals surface area contributed by atoms with E-state index in [-0.39, 0.29) is 11.9 Å². The van der Waals surface area contributed by atoms with Crippen molar-refractivity contribution in [3.8, 4) is 0 Å². The number of nitrogens with two attached hydrogens (primary N) is 1. The monoisotopic (exact) mass is 264 g/mol. The number of nitrogen functional groups attached to an aromatic ring is 1. The second-order valence-corrected chi connectivity index (χ2v) is 4.78. The maximum absolute atomic E-state index is 11.9. The molecule has 5 nitrogen and oxygen atoms in total. The summed E-state index contributed by atoms with van der Waals surface area (Å²) in [6.45, 7) is 7.07. The summed E-state index contributed by atoms with van der Waals surface area (Å²) < 4.78 is 5.09. The number of esters is 1. The molecule has 1 amide bonds. The molecule has 19 heavy (non-hydrogen) atoms. The fourth-order valence-electron chi connectivity index (χ4n) is 1.45. The smallest absolute Gasteiger partial charge is 0.338 e. The van der Waals surface area contributed by atoms with Crippen LogP contribution in [0.5, 0.6) is 0 Å². The molecule has 1 unspecified atom stereocenters. The Hall–Kier alpha value is -2.04. The van der Waals surface area contributed by atoms with E-state index in [0.717, 1.165) is 5.56 Å². The summed E-state index contributed by atoms with van der Waals surface area (Å²) in [6.07, 6.45) is -0.836. The van der Waals surface area contributed by atoms with Crippen LogP contribution in [0, 0.1) is 6.92 Å². The van der Waals surface area contributed by atoms with Gasteiger partial charge in [0.1, 0.15) is 0 Å². The Bertz CT molecular complexity index is 484. The van der Waals surface area contributed by atoms with Crippen molar-refractivity contribution in [2.24, 2.45) is 0 Å². The number of carbonyl (C=O) groups excluding carboxylic acids is 2. The van der Waals surface area contributed by atoms with Crippen molar-refractivity contribution < 1.29 is 14.3 Å². The molecule has 104 valence electrons. The third-order valence-electron chi connectivity index (χ3n) is 2.60. The standard InChI is InChI=1S/C14H20N2O3/c1-8(2)16-13(17)10(4)19-14(18)11-6-5-9(3)12(15)7-11/h5-8,10H,15H2,1-4H3,(H,16,17). The topological polar surface area (TPSA) is 81.4 Å². The van der Waals surface area contributed by atoms with E-state index in [2.05, 4.69) is 5.32 Å². The van der Waals surface area contributed by atoms with E-state index >= 15 is 0 Å². The van der Waals surface area contributed by atoms with Gasteiger partial charge in [0.25, 0.3) is 5.91 Å². The Kier molecular flexibility index (Phi) is 4.92. The minimum Gasteiger partial charge on any atom is -0.449 e. The molecule has 1 atom stereocenters. The number of hydrogen-bond donors (Lipinski definition) is 2. The first kappa shape index (κ1) is 15.0. The van der Waals surface area contributed by atoms with Crippen LogP contribution in [-0.4, -0.2) is 24.0 Å². The molecule has 0 aliphatic heterocycles. The van der Waals surface area contributed by atoms with Crippen molar-refractivity contribution >= 4 is 17.6 Å². The molecule has 0 saturated heterocycles. The van der Waals surface area contributed by atoms with Gasteiger partial charge in [0.2, 0.25) is 0 Å². The van der Waals surface area contributed by atoms with Crippen molar-refractivity contribution in [1.82, 2.24) is 5.32 Å². The van der Waals surface area contributed by atoms with Crippen LogP contribution in [0.2, 0.25) is 0 Å². The Labute approximate surface area is 113 Å². The maximum Gasteiger partial charge on any atom is 0.338 e. The Balaban J connectivity index is 2.68. The predicted molar refractivity (Wildman–Crippen MR) is 73.7 cm³/mol. The second kappa shape index (κ2) is 6.22. The molecule has 0 aliphatic carbocycles. The molecule has 0 fully saturated rings. The molecular weight excluding hydrogens is 244 g/mol. The van der Waals surface area contributed by atoms with Gasteiger partial charge in [0.05, 0.1) is 5.56 Å². The number of amides is 1. The summed E-state index contributed by atoms with van der Waals surface area (Å²) in [6, 6.07) is 4.92. The number of benzene rings is 1. The van der Waals surface area contributed by atoms with Crippen LogP contribution >= 0.6 is 0 Å². The first-order valence-corrected chi connectivity index (χ1v) is 6.18. The molecule has 1 rings (SSSR count). The van der Waals surface area contributed by atoms with Crippen LogP contribution in [-0.2, 0) is 9.53 Å². The molecule has 0 bridgehead atoms. The number of carbonyl (C=O) groups is 2. The van der Waals surface area contributed by atoms with E-state index in [9.17, 15) is 9.59 Å². The zero-order chi connectivity index (χ0) is 14.6. The molecule has 5 heteroatoms. The summed E-state index contributed by atoms with van der Waals surface area (Å²) in [5.41, 5.74) is 7.48. The van der Waals surface area contributed by atoms with Crippen LogP contribution < -0.4 is 11.1 Å². The third kappa shape index (κ3) is 4.28. The van der Waals surface area contributed by atoms with Gasteiger partial charge < -0.3 is 15.8 Å². The van der Waals surface area contributed by atoms with E-state index in [1.807, 2.05) is 20.8 Å². The summed E-state index contributed by atoms with van der Waals surface area (Å²) in [5.74, 6) is -0.874. The number of ether oxygens (including phenoxy) is 1. The number of aryl methyl sites for hydroxylation is 1. The quantitative estimate of drug-likeness (QED) is 0.640. The highest BCUT2D eigenvalue weighted by Crippen LogP contribution is 2.14. The number of anilines is 1. The number of nitrogens with one attached hydrogen (secondary N) is 1. The number of rotatable bonds is 4. The normalized spacial score (nSPS) is 12.1. The Morgan fingerprint density at radius 3 is 2.42 bits per heavy atom. The molecule has 0 aliphatic rings.